The Morgan fingerprint density at radius 1 is 1.29 bits per heavy atom. The van der Waals surface area contributed by atoms with Gasteiger partial charge in [0.15, 0.2) is 0 Å². The van der Waals surface area contributed by atoms with E-state index in [0.717, 1.165) is 16.0 Å². The van der Waals surface area contributed by atoms with Gasteiger partial charge in [0.2, 0.25) is 0 Å². The molecule has 1 aromatic heterocycles. The van der Waals surface area contributed by atoms with E-state index in [1.807, 2.05) is 18.2 Å². The second-order valence-electron chi connectivity index (χ2n) is 3.34. The van der Waals surface area contributed by atoms with Crippen LogP contribution in [0.1, 0.15) is 0 Å². The smallest absolute Gasteiger partial charge is 0.144 e. The number of hydrogen-bond acceptors (Lipinski definition) is 3. The number of benzene rings is 1. The highest BCUT2D eigenvalue weighted by atomic mass is 79.9. The minimum Gasteiger partial charge on any atom is -0.339 e. The molecule has 2 nitrogen and oxygen atoms in total. The van der Waals surface area contributed by atoms with Gasteiger partial charge in [0, 0.05) is 16.8 Å². The molecule has 0 amide bonds. The van der Waals surface area contributed by atoms with Crippen molar-refractivity contribution in [3.63, 3.8) is 0 Å². The van der Waals surface area contributed by atoms with E-state index in [1.54, 1.807) is 18.0 Å². The number of rotatable bonds is 3. The van der Waals surface area contributed by atoms with Crippen LogP contribution >= 0.6 is 39.3 Å². The Kier molecular flexibility index (Phi) is 4.31. The van der Waals surface area contributed by atoms with Crippen LogP contribution in [0.25, 0.3) is 0 Å². The van der Waals surface area contributed by atoms with E-state index < -0.39 is 0 Å². The molecule has 17 heavy (non-hydrogen) atoms. The van der Waals surface area contributed by atoms with Crippen molar-refractivity contribution in [3.05, 3.63) is 46.0 Å². The maximum atomic E-state index is 5.84. The molecule has 0 radical (unpaired) electrons. The molecule has 1 N–H and O–H groups in total. The average molecular weight is 330 g/mol. The van der Waals surface area contributed by atoms with Gasteiger partial charge in [-0.15, -0.1) is 11.8 Å². The fourth-order valence-electron chi connectivity index (χ4n) is 1.32. The number of nitrogens with zero attached hydrogens (tertiary/aromatic N) is 1. The second kappa shape index (κ2) is 5.76. The molecule has 88 valence electrons. The van der Waals surface area contributed by atoms with Crippen molar-refractivity contribution < 1.29 is 0 Å². The predicted octanol–water partition coefficient (Wildman–Crippen LogP) is 4.96. The third-order valence-electron chi connectivity index (χ3n) is 2.16. The Balaban J connectivity index is 2.19. The van der Waals surface area contributed by atoms with Crippen molar-refractivity contribution in [3.8, 4) is 0 Å². The van der Waals surface area contributed by atoms with Gasteiger partial charge in [-0.25, -0.2) is 4.98 Å². The molecular weight excluding hydrogens is 320 g/mol. The summed E-state index contributed by atoms with van der Waals surface area (Å²) in [5.41, 5.74) is 0.998. The van der Waals surface area contributed by atoms with E-state index in [9.17, 15) is 0 Å². The highest BCUT2D eigenvalue weighted by Gasteiger charge is 2.02. The number of anilines is 2. The lowest BCUT2D eigenvalue weighted by atomic mass is 10.3. The van der Waals surface area contributed by atoms with Crippen molar-refractivity contribution in [1.82, 2.24) is 4.98 Å². The lowest BCUT2D eigenvalue weighted by Crippen LogP contribution is -1.94. The highest BCUT2D eigenvalue weighted by Crippen LogP contribution is 2.27. The number of thioether (sulfide) groups is 1. The molecule has 0 fully saturated rings. The standard InChI is InChI=1S/C12H10BrClN2S/c1-17-10-4-2-9(3-5-10)16-12-11(13)6-8(14)7-15-12/h2-7H,1H3,(H,15,16). The van der Waals surface area contributed by atoms with Crippen molar-refractivity contribution in [2.24, 2.45) is 0 Å². The fourth-order valence-corrected chi connectivity index (χ4v) is 2.46. The van der Waals surface area contributed by atoms with Crippen molar-refractivity contribution in [2.75, 3.05) is 11.6 Å². The molecule has 0 bridgehead atoms. The summed E-state index contributed by atoms with van der Waals surface area (Å²) in [6.07, 6.45) is 3.67. The summed E-state index contributed by atoms with van der Waals surface area (Å²) >= 11 is 11.0. The molecular formula is C12H10BrClN2S. The molecule has 0 saturated heterocycles. The Morgan fingerprint density at radius 3 is 2.59 bits per heavy atom. The van der Waals surface area contributed by atoms with E-state index >= 15 is 0 Å². The third kappa shape index (κ3) is 3.37. The van der Waals surface area contributed by atoms with Gasteiger partial charge in [0.25, 0.3) is 0 Å². The summed E-state index contributed by atoms with van der Waals surface area (Å²) in [5.74, 6) is 0.756. The zero-order valence-electron chi connectivity index (χ0n) is 9.08. The molecule has 1 heterocycles. The second-order valence-corrected chi connectivity index (χ2v) is 5.51. The summed E-state index contributed by atoms with van der Waals surface area (Å²) < 4.78 is 0.846. The number of hydrogen-bond donors (Lipinski definition) is 1. The van der Waals surface area contributed by atoms with Crippen LogP contribution < -0.4 is 5.32 Å². The molecule has 0 atom stereocenters. The fraction of sp³-hybridized carbons (Fsp3) is 0.0833. The number of aromatic nitrogens is 1. The molecule has 0 saturated carbocycles. The van der Waals surface area contributed by atoms with Crippen molar-refractivity contribution in [2.45, 2.75) is 4.90 Å². The lowest BCUT2D eigenvalue weighted by Gasteiger charge is -2.08. The first-order valence-electron chi connectivity index (χ1n) is 4.91. The van der Waals surface area contributed by atoms with Crippen LogP contribution in [-0.2, 0) is 0 Å². The molecule has 2 aromatic rings. The summed E-state index contributed by atoms with van der Waals surface area (Å²) in [5, 5.41) is 3.84. The molecule has 0 spiro atoms. The largest absolute Gasteiger partial charge is 0.339 e. The minimum atomic E-state index is 0.611. The topological polar surface area (TPSA) is 24.9 Å². The molecule has 0 aliphatic rings. The Labute approximate surface area is 118 Å². The van der Waals surface area contributed by atoms with Gasteiger partial charge in [-0.05, 0) is 52.5 Å². The zero-order chi connectivity index (χ0) is 12.3. The van der Waals surface area contributed by atoms with Crippen molar-refractivity contribution in [1.29, 1.82) is 0 Å². The van der Waals surface area contributed by atoms with E-state index in [2.05, 4.69) is 44.6 Å². The molecule has 0 aliphatic heterocycles. The van der Waals surface area contributed by atoms with Gasteiger partial charge >= 0.3 is 0 Å². The average Bonchev–Trinajstić information content (AvgIpc) is 2.34. The quantitative estimate of drug-likeness (QED) is 0.805. The number of nitrogens with one attached hydrogen (secondary N) is 1. The number of pyridine rings is 1. The maximum Gasteiger partial charge on any atom is 0.144 e. The number of halogens is 2. The van der Waals surface area contributed by atoms with Gasteiger partial charge in [-0.1, -0.05) is 11.6 Å². The zero-order valence-corrected chi connectivity index (χ0v) is 12.2. The van der Waals surface area contributed by atoms with E-state index in [0.29, 0.717) is 5.02 Å². The van der Waals surface area contributed by atoms with Crippen LogP contribution in [0.5, 0.6) is 0 Å². The molecule has 0 aliphatic carbocycles. The van der Waals surface area contributed by atoms with E-state index in [4.69, 9.17) is 11.6 Å². The summed E-state index contributed by atoms with van der Waals surface area (Å²) in [4.78, 5) is 5.46. The van der Waals surface area contributed by atoms with Crippen LogP contribution in [0.4, 0.5) is 11.5 Å². The minimum absolute atomic E-state index is 0.611. The molecule has 2 rings (SSSR count). The van der Waals surface area contributed by atoms with Crippen LogP contribution in [-0.4, -0.2) is 11.2 Å². The Morgan fingerprint density at radius 2 is 2.00 bits per heavy atom. The van der Waals surface area contributed by atoms with Gasteiger partial charge in [0.05, 0.1) is 9.50 Å². The third-order valence-corrected chi connectivity index (χ3v) is 3.72. The molecule has 1 aromatic carbocycles. The van der Waals surface area contributed by atoms with Crippen LogP contribution in [0, 0.1) is 0 Å². The van der Waals surface area contributed by atoms with Crippen LogP contribution in [0.3, 0.4) is 0 Å². The summed E-state index contributed by atoms with van der Waals surface area (Å²) in [7, 11) is 0. The van der Waals surface area contributed by atoms with Gasteiger partial charge in [-0.2, -0.15) is 0 Å². The van der Waals surface area contributed by atoms with Crippen molar-refractivity contribution >= 4 is 50.8 Å². The SMILES string of the molecule is CSc1ccc(Nc2ncc(Cl)cc2Br)cc1. The first-order valence-corrected chi connectivity index (χ1v) is 7.31. The summed E-state index contributed by atoms with van der Waals surface area (Å²) in [6.45, 7) is 0. The first kappa shape index (κ1) is 12.7. The normalized spacial score (nSPS) is 10.3. The van der Waals surface area contributed by atoms with Crippen LogP contribution in [0.15, 0.2) is 45.9 Å². The Bertz CT molecular complexity index is 516. The lowest BCUT2D eigenvalue weighted by molar-refractivity contribution is 1.29. The van der Waals surface area contributed by atoms with Gasteiger partial charge < -0.3 is 5.32 Å². The van der Waals surface area contributed by atoms with Gasteiger partial charge in [0.1, 0.15) is 5.82 Å². The van der Waals surface area contributed by atoms with Gasteiger partial charge in [-0.3, -0.25) is 0 Å². The monoisotopic (exact) mass is 328 g/mol. The maximum absolute atomic E-state index is 5.84. The first-order chi connectivity index (χ1) is 8.19. The Hall–Kier alpha value is -0.710. The highest BCUT2D eigenvalue weighted by molar-refractivity contribution is 9.10. The molecule has 0 unspecified atom stereocenters. The van der Waals surface area contributed by atoms with Crippen LogP contribution in [0.2, 0.25) is 5.02 Å². The molecule has 5 heteroatoms. The predicted molar refractivity (Wildman–Crippen MR) is 78.5 cm³/mol. The van der Waals surface area contributed by atoms with E-state index in [-0.39, 0.29) is 0 Å². The summed E-state index contributed by atoms with van der Waals surface area (Å²) in [6, 6.07) is 9.99. The van der Waals surface area contributed by atoms with E-state index in [1.165, 1.54) is 4.90 Å².